The fraction of sp³-hybridized carbons (Fsp3) is 0.167. The number of carbonyl (C=O) groups is 1. The molecule has 1 amide bonds. The Morgan fingerprint density at radius 2 is 1.84 bits per heavy atom. The second-order valence-corrected chi connectivity index (χ2v) is 7.82. The minimum Gasteiger partial charge on any atom is -0.491 e. The molecule has 4 aromatic rings. The Morgan fingerprint density at radius 1 is 1.03 bits per heavy atom. The molecule has 7 heteroatoms. The first-order valence-corrected chi connectivity index (χ1v) is 10.8. The quantitative estimate of drug-likeness (QED) is 0.380. The van der Waals surface area contributed by atoms with E-state index in [9.17, 15) is 4.79 Å². The predicted molar refractivity (Wildman–Crippen MR) is 123 cm³/mol. The number of hydrogen-bond donors (Lipinski definition) is 1. The zero-order chi connectivity index (χ0) is 21.5. The van der Waals surface area contributed by atoms with Crippen molar-refractivity contribution in [1.82, 2.24) is 9.78 Å². The van der Waals surface area contributed by atoms with E-state index in [1.54, 1.807) is 24.6 Å². The van der Waals surface area contributed by atoms with Crippen molar-refractivity contribution < 1.29 is 14.3 Å². The lowest BCUT2D eigenvalue weighted by Gasteiger charge is -2.08. The van der Waals surface area contributed by atoms with Crippen molar-refractivity contribution in [2.45, 2.75) is 6.54 Å². The molecular weight excluding hydrogens is 410 g/mol. The summed E-state index contributed by atoms with van der Waals surface area (Å²) in [5.74, 6) is 0.528. The number of nitrogens with zero attached hydrogens (tertiary/aromatic N) is 2. The van der Waals surface area contributed by atoms with Crippen molar-refractivity contribution in [2.75, 3.05) is 25.6 Å². The molecule has 0 fully saturated rings. The number of hydrogen-bond acceptors (Lipinski definition) is 5. The largest absolute Gasteiger partial charge is 0.491 e. The summed E-state index contributed by atoms with van der Waals surface area (Å²) >= 11 is 1.56. The summed E-state index contributed by atoms with van der Waals surface area (Å²) in [6.45, 7) is 1.60. The van der Waals surface area contributed by atoms with Crippen LogP contribution in [0, 0.1) is 0 Å². The number of amides is 1. The average molecular weight is 434 g/mol. The third-order valence-corrected chi connectivity index (χ3v) is 5.49. The van der Waals surface area contributed by atoms with Crippen LogP contribution in [0.3, 0.4) is 0 Å². The Balaban J connectivity index is 1.52. The van der Waals surface area contributed by atoms with Crippen LogP contribution >= 0.6 is 11.3 Å². The molecule has 0 aliphatic heterocycles. The van der Waals surface area contributed by atoms with Gasteiger partial charge in [0.15, 0.2) is 0 Å². The lowest BCUT2D eigenvalue weighted by atomic mass is 10.2. The van der Waals surface area contributed by atoms with Crippen molar-refractivity contribution >= 4 is 22.9 Å². The summed E-state index contributed by atoms with van der Waals surface area (Å²) in [4.78, 5) is 14.0. The summed E-state index contributed by atoms with van der Waals surface area (Å²) in [5, 5.41) is 9.65. The highest BCUT2D eigenvalue weighted by Crippen LogP contribution is 2.28. The Kier molecular flexibility index (Phi) is 6.76. The molecule has 1 N–H and O–H groups in total. The molecule has 0 saturated carbocycles. The molecule has 2 aromatic heterocycles. The molecule has 0 bridgehead atoms. The van der Waals surface area contributed by atoms with Crippen molar-refractivity contribution in [1.29, 1.82) is 0 Å². The van der Waals surface area contributed by atoms with Gasteiger partial charge in [-0.3, -0.25) is 9.48 Å². The Morgan fingerprint density at radius 3 is 2.55 bits per heavy atom. The van der Waals surface area contributed by atoms with Gasteiger partial charge in [-0.05, 0) is 41.3 Å². The topological polar surface area (TPSA) is 65.4 Å². The highest BCUT2D eigenvalue weighted by molar-refractivity contribution is 7.13. The minimum absolute atomic E-state index is 0.198. The summed E-state index contributed by atoms with van der Waals surface area (Å²) in [5.41, 5.74) is 3.04. The smallest absolute Gasteiger partial charge is 0.259 e. The van der Waals surface area contributed by atoms with Gasteiger partial charge >= 0.3 is 0 Å². The van der Waals surface area contributed by atoms with Gasteiger partial charge in [0, 0.05) is 19.0 Å². The summed E-state index contributed by atoms with van der Waals surface area (Å²) < 4.78 is 12.4. The van der Waals surface area contributed by atoms with Gasteiger partial charge < -0.3 is 14.8 Å². The molecule has 2 aromatic carbocycles. The van der Waals surface area contributed by atoms with Crippen LogP contribution < -0.4 is 10.1 Å². The molecule has 0 saturated heterocycles. The first-order chi connectivity index (χ1) is 15.2. The lowest BCUT2D eigenvalue weighted by Crippen LogP contribution is -2.12. The van der Waals surface area contributed by atoms with E-state index in [1.807, 2.05) is 76.8 Å². The fourth-order valence-electron chi connectivity index (χ4n) is 3.11. The number of methoxy groups -OCH3 is 1. The number of anilines is 1. The highest BCUT2D eigenvalue weighted by atomic mass is 32.1. The van der Waals surface area contributed by atoms with Crippen LogP contribution in [0.2, 0.25) is 0 Å². The minimum atomic E-state index is -0.198. The second-order valence-electron chi connectivity index (χ2n) is 6.87. The van der Waals surface area contributed by atoms with Gasteiger partial charge in [-0.15, -0.1) is 11.3 Å². The van der Waals surface area contributed by atoms with Crippen LogP contribution in [0.4, 0.5) is 5.69 Å². The van der Waals surface area contributed by atoms with Crippen molar-refractivity contribution in [2.24, 2.45) is 0 Å². The number of carbonyl (C=O) groups excluding carboxylic acids is 1. The van der Waals surface area contributed by atoms with Gasteiger partial charge in [-0.2, -0.15) is 5.10 Å². The van der Waals surface area contributed by atoms with Gasteiger partial charge in [0.25, 0.3) is 5.91 Å². The van der Waals surface area contributed by atoms with E-state index in [2.05, 4.69) is 5.32 Å². The summed E-state index contributed by atoms with van der Waals surface area (Å²) in [6, 6.07) is 21.3. The molecular formula is C24H23N3O3S. The van der Waals surface area contributed by atoms with Crippen LogP contribution in [-0.4, -0.2) is 36.0 Å². The first kappa shape index (κ1) is 20.8. The number of rotatable bonds is 9. The van der Waals surface area contributed by atoms with E-state index in [1.165, 1.54) is 0 Å². The summed E-state index contributed by atoms with van der Waals surface area (Å²) in [6.07, 6.45) is 1.81. The molecule has 6 nitrogen and oxygen atoms in total. The van der Waals surface area contributed by atoms with Gasteiger partial charge in [-0.25, -0.2) is 0 Å². The molecule has 0 atom stereocenters. The maximum Gasteiger partial charge on any atom is 0.259 e. The van der Waals surface area contributed by atoms with Gasteiger partial charge in [0.2, 0.25) is 0 Å². The lowest BCUT2D eigenvalue weighted by molar-refractivity contribution is 0.102. The molecule has 0 aliphatic rings. The van der Waals surface area contributed by atoms with Crippen LogP contribution in [0.15, 0.2) is 78.3 Å². The molecule has 2 heterocycles. The molecule has 4 rings (SSSR count). The van der Waals surface area contributed by atoms with Crippen LogP contribution in [0.25, 0.3) is 10.6 Å². The molecule has 158 valence electrons. The maximum absolute atomic E-state index is 13.1. The fourth-order valence-corrected chi connectivity index (χ4v) is 3.83. The SMILES string of the molecule is COCCOc1ccc(NC(=O)c2cn(Cc3ccccc3)nc2-c2cccs2)cc1. The molecule has 31 heavy (non-hydrogen) atoms. The zero-order valence-corrected chi connectivity index (χ0v) is 18.0. The third kappa shape index (κ3) is 5.39. The standard InChI is InChI=1S/C24H23N3O3S/c1-29-13-14-30-20-11-9-19(10-12-20)25-24(28)21-17-27(16-18-6-3-2-4-7-18)26-23(21)22-8-5-15-31-22/h2-12,15,17H,13-14,16H2,1H3,(H,25,28). The number of nitrogens with one attached hydrogen (secondary N) is 1. The van der Waals surface area contributed by atoms with Crippen molar-refractivity contribution in [3.63, 3.8) is 0 Å². The first-order valence-electron chi connectivity index (χ1n) is 9.91. The van der Waals surface area contributed by atoms with Crippen LogP contribution in [0.5, 0.6) is 5.75 Å². The van der Waals surface area contributed by atoms with Gasteiger partial charge in [0.05, 0.1) is 23.6 Å². The molecule has 0 aliphatic carbocycles. The van der Waals surface area contributed by atoms with Gasteiger partial charge in [-0.1, -0.05) is 36.4 Å². The monoisotopic (exact) mass is 433 g/mol. The maximum atomic E-state index is 13.1. The number of benzene rings is 2. The number of aromatic nitrogens is 2. The molecule has 0 spiro atoms. The normalized spacial score (nSPS) is 10.7. The second kappa shape index (κ2) is 10.1. The highest BCUT2D eigenvalue weighted by Gasteiger charge is 2.19. The zero-order valence-electron chi connectivity index (χ0n) is 17.2. The molecule has 0 radical (unpaired) electrons. The van der Waals surface area contributed by atoms with E-state index in [0.29, 0.717) is 36.7 Å². The summed E-state index contributed by atoms with van der Waals surface area (Å²) in [7, 11) is 1.63. The van der Waals surface area contributed by atoms with E-state index in [4.69, 9.17) is 14.6 Å². The Bertz CT molecular complexity index is 1110. The van der Waals surface area contributed by atoms with E-state index in [0.717, 1.165) is 16.2 Å². The average Bonchev–Trinajstić information content (AvgIpc) is 3.46. The van der Waals surface area contributed by atoms with Gasteiger partial charge in [0.1, 0.15) is 18.1 Å². The Hall–Kier alpha value is -3.42. The van der Waals surface area contributed by atoms with E-state index < -0.39 is 0 Å². The predicted octanol–water partition coefficient (Wildman–Crippen LogP) is 4.94. The van der Waals surface area contributed by atoms with Crippen molar-refractivity contribution in [3.8, 4) is 16.3 Å². The third-order valence-electron chi connectivity index (χ3n) is 4.62. The Labute approximate surface area is 185 Å². The van der Waals surface area contributed by atoms with Crippen LogP contribution in [-0.2, 0) is 11.3 Å². The van der Waals surface area contributed by atoms with Crippen LogP contribution in [0.1, 0.15) is 15.9 Å². The number of thiophene rings is 1. The van der Waals surface area contributed by atoms with E-state index >= 15 is 0 Å². The van der Waals surface area contributed by atoms with E-state index in [-0.39, 0.29) is 5.91 Å². The number of ether oxygens (including phenoxy) is 2. The van der Waals surface area contributed by atoms with Crippen molar-refractivity contribution in [3.05, 3.63) is 89.4 Å². The molecule has 0 unspecified atom stereocenters.